The van der Waals surface area contributed by atoms with Gasteiger partial charge in [0.25, 0.3) is 5.91 Å². The maximum absolute atomic E-state index is 13.6. The smallest absolute Gasteiger partial charge is 0.255 e. The SMILES string of the molecule is O=C(CC1(c2ccc(-c3ccc(Cl)cc3)s2)CCN(C(=O)c2cccnc2)CCS1(=O)=O)NO. The van der Waals surface area contributed by atoms with Crippen LogP contribution in [0.5, 0.6) is 0 Å². The van der Waals surface area contributed by atoms with Gasteiger partial charge in [-0.3, -0.25) is 19.8 Å². The van der Waals surface area contributed by atoms with Crippen LogP contribution in [0.2, 0.25) is 5.02 Å². The Kier molecular flexibility index (Phi) is 7.04. The van der Waals surface area contributed by atoms with Gasteiger partial charge in [-0.25, -0.2) is 13.9 Å². The Morgan fingerprint density at radius 1 is 1.15 bits per heavy atom. The number of hydroxylamine groups is 1. The minimum Gasteiger partial charge on any atom is -0.338 e. The number of sulfone groups is 1. The van der Waals surface area contributed by atoms with Crippen molar-refractivity contribution >= 4 is 44.6 Å². The van der Waals surface area contributed by atoms with E-state index in [0.717, 1.165) is 10.4 Å². The zero-order chi connectivity index (χ0) is 24.3. The van der Waals surface area contributed by atoms with Gasteiger partial charge in [0.1, 0.15) is 4.75 Å². The lowest BCUT2D eigenvalue weighted by Gasteiger charge is -2.30. The number of nitrogens with one attached hydrogen (secondary N) is 1. The van der Waals surface area contributed by atoms with E-state index in [-0.39, 0.29) is 31.2 Å². The first-order valence-electron chi connectivity index (χ1n) is 10.5. The van der Waals surface area contributed by atoms with Crippen molar-refractivity contribution in [2.24, 2.45) is 0 Å². The fourth-order valence-electron chi connectivity index (χ4n) is 4.10. The molecule has 0 bridgehead atoms. The van der Waals surface area contributed by atoms with Crippen LogP contribution in [0.1, 0.15) is 28.1 Å². The van der Waals surface area contributed by atoms with Crippen molar-refractivity contribution < 1.29 is 23.2 Å². The second kappa shape index (κ2) is 9.83. The van der Waals surface area contributed by atoms with Crippen molar-refractivity contribution in [3.8, 4) is 10.4 Å². The topological polar surface area (TPSA) is 117 Å². The molecule has 3 heterocycles. The largest absolute Gasteiger partial charge is 0.338 e. The summed E-state index contributed by atoms with van der Waals surface area (Å²) < 4.78 is 25.7. The fourth-order valence-corrected chi connectivity index (χ4v) is 7.83. The summed E-state index contributed by atoms with van der Waals surface area (Å²) in [5.74, 6) is -1.44. The van der Waals surface area contributed by atoms with Gasteiger partial charge in [0.2, 0.25) is 5.91 Å². The molecule has 2 N–H and O–H groups in total. The predicted octanol–water partition coefficient (Wildman–Crippen LogP) is 3.52. The van der Waals surface area contributed by atoms with Gasteiger partial charge in [0.15, 0.2) is 9.84 Å². The van der Waals surface area contributed by atoms with Crippen molar-refractivity contribution in [1.29, 1.82) is 0 Å². The number of halogens is 1. The lowest BCUT2D eigenvalue weighted by molar-refractivity contribution is -0.129. The van der Waals surface area contributed by atoms with Crippen LogP contribution >= 0.6 is 22.9 Å². The minimum absolute atomic E-state index is 0.00598. The van der Waals surface area contributed by atoms with E-state index in [4.69, 9.17) is 11.6 Å². The molecule has 1 atom stereocenters. The lowest BCUT2D eigenvalue weighted by atomic mass is 9.97. The fraction of sp³-hybridized carbons (Fsp3) is 0.261. The highest BCUT2D eigenvalue weighted by Gasteiger charge is 2.49. The molecule has 1 aliphatic rings. The molecule has 2 amide bonds. The highest BCUT2D eigenvalue weighted by molar-refractivity contribution is 7.92. The Balaban J connectivity index is 1.72. The van der Waals surface area contributed by atoms with Crippen LogP contribution in [0, 0.1) is 0 Å². The summed E-state index contributed by atoms with van der Waals surface area (Å²) in [6, 6.07) is 13.9. The Morgan fingerprint density at radius 2 is 1.91 bits per heavy atom. The van der Waals surface area contributed by atoms with Crippen LogP contribution in [0.25, 0.3) is 10.4 Å². The number of benzene rings is 1. The summed E-state index contributed by atoms with van der Waals surface area (Å²) in [6.45, 7) is 0.119. The van der Waals surface area contributed by atoms with Crippen molar-refractivity contribution in [2.75, 3.05) is 18.8 Å². The Morgan fingerprint density at radius 3 is 2.59 bits per heavy atom. The molecular weight excluding hydrogens is 498 g/mol. The molecular formula is C23H22ClN3O5S2. The molecule has 3 aromatic rings. The highest BCUT2D eigenvalue weighted by atomic mass is 35.5. The van der Waals surface area contributed by atoms with Gasteiger partial charge in [0.05, 0.1) is 17.7 Å². The molecule has 1 saturated heterocycles. The predicted molar refractivity (Wildman–Crippen MR) is 130 cm³/mol. The average Bonchev–Trinajstić information content (AvgIpc) is 3.29. The van der Waals surface area contributed by atoms with Crippen molar-refractivity contribution in [2.45, 2.75) is 17.6 Å². The third-order valence-electron chi connectivity index (χ3n) is 5.96. The standard InChI is InChI=1S/C23H22ClN3O5S2/c24-18-5-3-16(4-6-18)19-7-8-20(33-19)23(14-21(28)26-30)9-11-27(12-13-34(23,31)32)22(29)17-2-1-10-25-15-17/h1-8,10,15,30H,9,11-14H2,(H,26,28). The monoisotopic (exact) mass is 519 g/mol. The molecule has 1 unspecified atom stereocenters. The molecule has 2 aromatic heterocycles. The van der Waals surface area contributed by atoms with Gasteiger partial charge < -0.3 is 4.90 Å². The van der Waals surface area contributed by atoms with Gasteiger partial charge in [-0.15, -0.1) is 11.3 Å². The van der Waals surface area contributed by atoms with Gasteiger partial charge >= 0.3 is 0 Å². The second-order valence-corrected chi connectivity index (χ2v) is 11.9. The summed E-state index contributed by atoms with van der Waals surface area (Å²) in [6.07, 6.45) is 2.54. The maximum Gasteiger partial charge on any atom is 0.255 e. The summed E-state index contributed by atoms with van der Waals surface area (Å²) >= 11 is 7.25. The molecule has 0 spiro atoms. The Hall–Kier alpha value is -2.79. The van der Waals surface area contributed by atoms with E-state index in [1.54, 1.807) is 48.1 Å². The van der Waals surface area contributed by atoms with Crippen LogP contribution in [-0.4, -0.2) is 54.2 Å². The third-order valence-corrected chi connectivity index (χ3v) is 10.2. The molecule has 0 saturated carbocycles. The zero-order valence-electron chi connectivity index (χ0n) is 18.0. The van der Waals surface area contributed by atoms with E-state index in [0.29, 0.717) is 15.5 Å². The van der Waals surface area contributed by atoms with Crippen molar-refractivity contribution in [3.05, 3.63) is 76.4 Å². The van der Waals surface area contributed by atoms with Crippen LogP contribution in [0.4, 0.5) is 0 Å². The van der Waals surface area contributed by atoms with E-state index >= 15 is 0 Å². The Labute approximate surface area is 206 Å². The molecule has 0 aliphatic carbocycles. The first-order valence-corrected chi connectivity index (χ1v) is 13.3. The van der Waals surface area contributed by atoms with E-state index in [1.165, 1.54) is 22.4 Å². The number of rotatable bonds is 5. The minimum atomic E-state index is -3.90. The normalized spacial score (nSPS) is 19.9. The molecule has 0 radical (unpaired) electrons. The quantitative estimate of drug-likeness (QED) is 0.393. The highest BCUT2D eigenvalue weighted by Crippen LogP contribution is 2.45. The number of carbonyl (C=O) groups is 2. The second-order valence-electron chi connectivity index (χ2n) is 7.98. The van der Waals surface area contributed by atoms with E-state index in [9.17, 15) is 23.2 Å². The number of nitrogens with zero attached hydrogens (tertiary/aromatic N) is 2. The third kappa shape index (κ3) is 4.72. The molecule has 1 aliphatic heterocycles. The average molecular weight is 520 g/mol. The molecule has 1 fully saturated rings. The first-order chi connectivity index (χ1) is 16.3. The van der Waals surface area contributed by atoms with Crippen molar-refractivity contribution in [3.63, 3.8) is 0 Å². The molecule has 8 nitrogen and oxygen atoms in total. The lowest BCUT2D eigenvalue weighted by Crippen LogP contribution is -2.41. The Bertz CT molecular complexity index is 1300. The van der Waals surface area contributed by atoms with Crippen LogP contribution in [0.15, 0.2) is 60.9 Å². The number of pyridine rings is 1. The molecule has 4 rings (SSSR count). The number of hydrogen-bond donors (Lipinski definition) is 2. The van der Waals surface area contributed by atoms with Crippen molar-refractivity contribution in [1.82, 2.24) is 15.4 Å². The number of thiophene rings is 1. The van der Waals surface area contributed by atoms with Gasteiger partial charge in [0, 0.05) is 40.3 Å². The number of hydrogen-bond acceptors (Lipinski definition) is 7. The molecule has 1 aromatic carbocycles. The number of amides is 2. The maximum atomic E-state index is 13.6. The van der Waals surface area contributed by atoms with E-state index in [2.05, 4.69) is 4.98 Å². The van der Waals surface area contributed by atoms with E-state index < -0.39 is 26.9 Å². The number of aromatic nitrogens is 1. The van der Waals surface area contributed by atoms with Gasteiger partial charge in [-0.1, -0.05) is 23.7 Å². The summed E-state index contributed by atoms with van der Waals surface area (Å²) in [4.78, 5) is 32.0. The van der Waals surface area contributed by atoms with Gasteiger partial charge in [-0.2, -0.15) is 0 Å². The molecule has 34 heavy (non-hydrogen) atoms. The van der Waals surface area contributed by atoms with Gasteiger partial charge in [-0.05, 0) is 48.4 Å². The molecule has 178 valence electrons. The molecule has 11 heteroatoms. The zero-order valence-corrected chi connectivity index (χ0v) is 20.4. The number of carbonyl (C=O) groups excluding carboxylic acids is 2. The van der Waals surface area contributed by atoms with E-state index in [1.807, 2.05) is 12.1 Å². The van der Waals surface area contributed by atoms with Crippen LogP contribution in [-0.2, 0) is 19.4 Å². The summed E-state index contributed by atoms with van der Waals surface area (Å²) in [5.41, 5.74) is 2.79. The van der Waals surface area contributed by atoms with Crippen LogP contribution < -0.4 is 5.48 Å². The summed E-state index contributed by atoms with van der Waals surface area (Å²) in [5, 5.41) is 9.78. The summed E-state index contributed by atoms with van der Waals surface area (Å²) in [7, 11) is -3.90. The van der Waals surface area contributed by atoms with Crippen LogP contribution in [0.3, 0.4) is 0 Å². The first kappa shape index (κ1) is 24.3.